The van der Waals surface area contributed by atoms with Crippen LogP contribution < -0.4 is 0 Å². The number of imidazole rings is 1. The third-order valence-electron chi connectivity index (χ3n) is 2.73. The minimum atomic E-state index is -0.0773. The lowest BCUT2D eigenvalue weighted by molar-refractivity contribution is 0.302. The number of hydrogen-bond acceptors (Lipinski definition) is 2. The monoisotopic (exact) mass is 233 g/mol. The number of rotatable bonds is 1. The summed E-state index contributed by atoms with van der Waals surface area (Å²) in [6.07, 6.45) is 3.64. The number of H-pyrrole nitrogens is 1. The molecule has 1 aliphatic heterocycles. The summed E-state index contributed by atoms with van der Waals surface area (Å²) in [6.45, 7) is 2.87. The van der Waals surface area contributed by atoms with Crippen molar-refractivity contribution in [2.75, 3.05) is 6.54 Å². The van der Waals surface area contributed by atoms with Gasteiger partial charge in [0.05, 0.1) is 17.5 Å². The number of piperidine rings is 1. The van der Waals surface area contributed by atoms with E-state index in [1.807, 2.05) is 6.92 Å². The Morgan fingerprint density at radius 3 is 3.00 bits per heavy atom. The lowest BCUT2D eigenvalue weighted by atomic mass is 9.93. The molecule has 1 aromatic heterocycles. The van der Waals surface area contributed by atoms with Gasteiger partial charge in [-0.3, -0.25) is 0 Å². The molecule has 1 fully saturated rings. The fourth-order valence-electron chi connectivity index (χ4n) is 1.92. The summed E-state index contributed by atoms with van der Waals surface area (Å²) in [4.78, 5) is 7.41. The Hall–Kier alpha value is -0.250. The predicted octanol–water partition coefficient (Wildman–Crippen LogP) is 2.62. The molecule has 2 atom stereocenters. The van der Waals surface area contributed by atoms with Crippen LogP contribution in [0.4, 0.5) is 0 Å². The molecule has 0 aliphatic carbocycles. The first-order valence-electron chi connectivity index (χ1n) is 4.75. The average molecular weight is 234 g/mol. The average Bonchev–Trinajstić information content (AvgIpc) is 2.57. The van der Waals surface area contributed by atoms with Gasteiger partial charge in [-0.1, -0.05) is 0 Å². The summed E-state index contributed by atoms with van der Waals surface area (Å²) < 4.78 is 1.67. The highest BCUT2D eigenvalue weighted by molar-refractivity contribution is 6.25. The highest BCUT2D eigenvalue weighted by Crippen LogP contribution is 2.33. The van der Waals surface area contributed by atoms with Crippen molar-refractivity contribution in [1.82, 2.24) is 14.4 Å². The molecule has 1 N–H and O–H groups in total. The summed E-state index contributed by atoms with van der Waals surface area (Å²) >= 11 is 12.0. The van der Waals surface area contributed by atoms with Crippen molar-refractivity contribution in [3.8, 4) is 0 Å². The van der Waals surface area contributed by atoms with E-state index in [0.29, 0.717) is 5.92 Å². The molecule has 0 spiro atoms. The fourth-order valence-corrected chi connectivity index (χ4v) is 2.41. The lowest BCUT2D eigenvalue weighted by Crippen LogP contribution is -2.31. The number of nitrogens with zero attached hydrogens (tertiary/aromatic N) is 2. The summed E-state index contributed by atoms with van der Waals surface area (Å²) in [7, 11) is 0. The highest BCUT2D eigenvalue weighted by atomic mass is 35.5. The van der Waals surface area contributed by atoms with E-state index in [1.165, 1.54) is 0 Å². The third-order valence-corrected chi connectivity index (χ3v) is 3.65. The van der Waals surface area contributed by atoms with Gasteiger partial charge >= 0.3 is 0 Å². The summed E-state index contributed by atoms with van der Waals surface area (Å²) in [5.41, 5.74) is 2.20. The van der Waals surface area contributed by atoms with Gasteiger partial charge in [0.1, 0.15) is 0 Å². The van der Waals surface area contributed by atoms with Crippen LogP contribution in [-0.2, 0) is 0 Å². The van der Waals surface area contributed by atoms with Gasteiger partial charge in [-0.25, -0.2) is 9.40 Å². The van der Waals surface area contributed by atoms with Crippen molar-refractivity contribution >= 4 is 23.4 Å². The summed E-state index contributed by atoms with van der Waals surface area (Å²) in [6, 6.07) is 0. The number of hydrogen-bond donors (Lipinski definition) is 1. The van der Waals surface area contributed by atoms with Gasteiger partial charge in [0.25, 0.3) is 0 Å². The lowest BCUT2D eigenvalue weighted by Gasteiger charge is -2.30. The van der Waals surface area contributed by atoms with E-state index in [1.54, 1.807) is 10.7 Å². The predicted molar refractivity (Wildman–Crippen MR) is 57.5 cm³/mol. The number of nitrogens with one attached hydrogen (secondary N) is 1. The maximum Gasteiger partial charge on any atom is 0.0996 e. The Morgan fingerprint density at radius 1 is 1.64 bits per heavy atom. The number of halogens is 2. The van der Waals surface area contributed by atoms with Crippen LogP contribution in [0.2, 0.25) is 0 Å². The van der Waals surface area contributed by atoms with Gasteiger partial charge in [0, 0.05) is 18.2 Å². The molecular formula is C9H13Cl2N3. The van der Waals surface area contributed by atoms with Gasteiger partial charge in [-0.05, 0) is 31.5 Å². The SMILES string of the molecule is Cc1[nH]cnc1C1CCN(Cl)C(Cl)C1. The number of alkyl halides is 1. The molecule has 3 nitrogen and oxygen atoms in total. The molecular weight excluding hydrogens is 221 g/mol. The molecule has 2 rings (SSSR count). The molecule has 5 heteroatoms. The zero-order chi connectivity index (χ0) is 10.1. The summed E-state index contributed by atoms with van der Waals surface area (Å²) in [5, 5.41) is 0. The molecule has 0 aromatic carbocycles. The van der Waals surface area contributed by atoms with Crippen LogP contribution in [0, 0.1) is 6.92 Å². The largest absolute Gasteiger partial charge is 0.348 e. The zero-order valence-corrected chi connectivity index (χ0v) is 9.52. The highest BCUT2D eigenvalue weighted by Gasteiger charge is 2.28. The first-order valence-corrected chi connectivity index (χ1v) is 5.52. The maximum absolute atomic E-state index is 6.09. The Morgan fingerprint density at radius 2 is 2.43 bits per heavy atom. The van der Waals surface area contributed by atoms with Crippen LogP contribution in [0.15, 0.2) is 6.33 Å². The molecule has 1 aromatic rings. The minimum absolute atomic E-state index is 0.0773. The van der Waals surface area contributed by atoms with E-state index in [-0.39, 0.29) is 5.50 Å². The quantitative estimate of drug-likeness (QED) is 0.460. The minimum Gasteiger partial charge on any atom is -0.348 e. The van der Waals surface area contributed by atoms with Crippen molar-refractivity contribution in [3.63, 3.8) is 0 Å². The first kappa shape index (κ1) is 10.3. The van der Waals surface area contributed by atoms with Crippen molar-refractivity contribution < 1.29 is 0 Å². The van der Waals surface area contributed by atoms with Crippen molar-refractivity contribution in [2.45, 2.75) is 31.2 Å². The zero-order valence-electron chi connectivity index (χ0n) is 8.00. The number of aromatic amines is 1. The molecule has 78 valence electrons. The Kier molecular flexibility index (Phi) is 3.00. The van der Waals surface area contributed by atoms with E-state index >= 15 is 0 Å². The molecule has 1 aliphatic rings. The Labute approximate surface area is 93.5 Å². The van der Waals surface area contributed by atoms with Crippen LogP contribution in [0.25, 0.3) is 0 Å². The molecule has 14 heavy (non-hydrogen) atoms. The van der Waals surface area contributed by atoms with E-state index in [0.717, 1.165) is 30.8 Å². The maximum atomic E-state index is 6.09. The number of aryl methyl sites for hydroxylation is 1. The van der Waals surface area contributed by atoms with Crippen LogP contribution in [-0.4, -0.2) is 26.4 Å². The topological polar surface area (TPSA) is 31.9 Å². The molecule has 2 unspecified atom stereocenters. The Bertz CT molecular complexity index is 313. The van der Waals surface area contributed by atoms with Gasteiger partial charge in [0.2, 0.25) is 0 Å². The second kappa shape index (κ2) is 4.09. The summed E-state index contributed by atoms with van der Waals surface area (Å²) in [5.74, 6) is 0.443. The van der Waals surface area contributed by atoms with Crippen LogP contribution in [0.1, 0.15) is 30.1 Å². The molecule has 0 saturated carbocycles. The van der Waals surface area contributed by atoms with Gasteiger partial charge in [-0.15, -0.1) is 11.6 Å². The van der Waals surface area contributed by atoms with Gasteiger partial charge < -0.3 is 4.98 Å². The molecule has 0 radical (unpaired) electrons. The van der Waals surface area contributed by atoms with E-state index in [2.05, 4.69) is 9.97 Å². The number of aromatic nitrogens is 2. The van der Waals surface area contributed by atoms with E-state index in [9.17, 15) is 0 Å². The Balaban J connectivity index is 2.10. The smallest absolute Gasteiger partial charge is 0.0996 e. The van der Waals surface area contributed by atoms with Crippen molar-refractivity contribution in [3.05, 3.63) is 17.7 Å². The van der Waals surface area contributed by atoms with Crippen molar-refractivity contribution in [1.29, 1.82) is 0 Å². The van der Waals surface area contributed by atoms with Gasteiger partial charge in [0.15, 0.2) is 0 Å². The van der Waals surface area contributed by atoms with Crippen molar-refractivity contribution in [2.24, 2.45) is 0 Å². The molecule has 1 saturated heterocycles. The van der Waals surface area contributed by atoms with E-state index in [4.69, 9.17) is 23.4 Å². The second-order valence-corrected chi connectivity index (χ2v) is 4.63. The van der Waals surface area contributed by atoms with Crippen LogP contribution in [0.3, 0.4) is 0 Å². The first-order chi connectivity index (χ1) is 6.68. The normalized spacial score (nSPS) is 29.4. The molecule has 2 heterocycles. The third kappa shape index (κ3) is 1.90. The van der Waals surface area contributed by atoms with E-state index < -0.39 is 0 Å². The van der Waals surface area contributed by atoms with Gasteiger partial charge in [-0.2, -0.15) is 0 Å². The fraction of sp³-hybridized carbons (Fsp3) is 0.667. The molecule has 0 amide bonds. The molecule has 0 bridgehead atoms. The van der Waals surface area contributed by atoms with Crippen LogP contribution >= 0.6 is 23.4 Å². The standard InChI is InChI=1S/C9H13Cl2N3/c1-6-9(13-5-12-6)7-2-3-14(11)8(10)4-7/h5,7-8H,2-4H2,1H3,(H,12,13). The van der Waals surface area contributed by atoms with Crippen LogP contribution in [0.5, 0.6) is 0 Å². The second-order valence-electron chi connectivity index (χ2n) is 3.69.